The van der Waals surface area contributed by atoms with Crippen LogP contribution < -0.4 is 19.5 Å². The Balaban J connectivity index is 0.00000121. The first-order valence-corrected chi connectivity index (χ1v) is 8.28. The van der Waals surface area contributed by atoms with E-state index in [1.165, 1.54) is 17.7 Å². The zero-order valence-corrected chi connectivity index (χ0v) is 15.1. The van der Waals surface area contributed by atoms with E-state index >= 15 is 0 Å². The molecule has 2 heterocycles. The van der Waals surface area contributed by atoms with Gasteiger partial charge in [0.1, 0.15) is 11.6 Å². The summed E-state index contributed by atoms with van der Waals surface area (Å²) in [6, 6.07) is 12.5. The van der Waals surface area contributed by atoms with E-state index in [0.29, 0.717) is 18.4 Å². The highest BCUT2D eigenvalue weighted by molar-refractivity contribution is 5.85. The number of benzene rings is 2. The van der Waals surface area contributed by atoms with Gasteiger partial charge in [0.25, 0.3) is 0 Å². The third-order valence-corrected chi connectivity index (χ3v) is 4.71. The lowest BCUT2D eigenvalue weighted by Crippen LogP contribution is -2.38. The molecule has 0 radical (unpaired) electrons. The number of hydrogen-bond acceptors (Lipinski definition) is 4. The maximum absolute atomic E-state index is 13.2. The number of piperidine rings is 1. The molecule has 3 N–H and O–H groups in total. The number of hydrogen-bond donors (Lipinski definition) is 1. The van der Waals surface area contributed by atoms with Gasteiger partial charge in [0.2, 0.25) is 6.79 Å². The van der Waals surface area contributed by atoms with Gasteiger partial charge in [-0.15, -0.1) is 12.4 Å². The smallest absolute Gasteiger partial charge is 0.231 e. The summed E-state index contributed by atoms with van der Waals surface area (Å²) >= 11 is 0. The van der Waals surface area contributed by atoms with Gasteiger partial charge in [-0.05, 0) is 48.7 Å². The van der Waals surface area contributed by atoms with Crippen molar-refractivity contribution in [1.82, 2.24) is 5.32 Å². The van der Waals surface area contributed by atoms with Crippen molar-refractivity contribution < 1.29 is 24.1 Å². The largest absolute Gasteiger partial charge is 0.493 e. The second kappa shape index (κ2) is 9.07. The summed E-state index contributed by atoms with van der Waals surface area (Å²) in [5, 5.41) is 3.43. The molecule has 2 aliphatic heterocycles. The molecule has 2 unspecified atom stereocenters. The Hall–Kier alpha value is -2.02. The van der Waals surface area contributed by atoms with E-state index in [4.69, 9.17) is 14.2 Å². The molecule has 2 aromatic rings. The van der Waals surface area contributed by atoms with Gasteiger partial charge in [0, 0.05) is 18.5 Å². The number of halogens is 2. The second-order valence-electron chi connectivity index (χ2n) is 6.24. The summed E-state index contributed by atoms with van der Waals surface area (Å²) in [4.78, 5) is 0. The van der Waals surface area contributed by atoms with Crippen molar-refractivity contribution in [3.8, 4) is 17.2 Å². The van der Waals surface area contributed by atoms with E-state index in [1.54, 1.807) is 0 Å². The maximum Gasteiger partial charge on any atom is 0.231 e. The molecule has 2 aromatic carbocycles. The van der Waals surface area contributed by atoms with Crippen LogP contribution in [-0.2, 0) is 0 Å². The average Bonchev–Trinajstić information content (AvgIpc) is 3.09. The Labute approximate surface area is 158 Å². The fourth-order valence-corrected chi connectivity index (χ4v) is 3.42. The average molecular weight is 384 g/mol. The molecule has 26 heavy (non-hydrogen) atoms. The molecule has 0 bridgehead atoms. The Kier molecular flexibility index (Phi) is 7.08. The van der Waals surface area contributed by atoms with Gasteiger partial charge in [0.05, 0.1) is 6.61 Å². The SMILES string of the molecule is Cl.Fc1ccc(C2CCNCC2COc2ccc3c(c2)OCO3)cc1.O. The number of fused-ring (bicyclic) bond motifs is 1. The van der Waals surface area contributed by atoms with Crippen LogP contribution in [0.3, 0.4) is 0 Å². The predicted molar refractivity (Wildman–Crippen MR) is 99.0 cm³/mol. The summed E-state index contributed by atoms with van der Waals surface area (Å²) in [5.41, 5.74) is 1.18. The van der Waals surface area contributed by atoms with Crippen molar-refractivity contribution in [2.75, 3.05) is 26.5 Å². The van der Waals surface area contributed by atoms with Crippen LogP contribution in [0.5, 0.6) is 17.2 Å². The Morgan fingerprint density at radius 1 is 1.08 bits per heavy atom. The minimum absolute atomic E-state index is 0. The number of ether oxygens (including phenoxy) is 3. The van der Waals surface area contributed by atoms with Gasteiger partial charge in [-0.25, -0.2) is 4.39 Å². The summed E-state index contributed by atoms with van der Waals surface area (Å²) in [6.07, 6.45) is 1.03. The quantitative estimate of drug-likeness (QED) is 0.881. The van der Waals surface area contributed by atoms with E-state index in [0.717, 1.165) is 36.8 Å². The lowest BCUT2D eigenvalue weighted by atomic mass is 9.81. The van der Waals surface area contributed by atoms with Crippen molar-refractivity contribution in [2.24, 2.45) is 5.92 Å². The lowest BCUT2D eigenvalue weighted by molar-refractivity contribution is 0.173. The summed E-state index contributed by atoms with van der Waals surface area (Å²) in [6.45, 7) is 2.74. The minimum Gasteiger partial charge on any atom is -0.493 e. The summed E-state index contributed by atoms with van der Waals surface area (Å²) < 4.78 is 29.9. The molecular formula is C19H23ClFNO4. The van der Waals surface area contributed by atoms with E-state index < -0.39 is 0 Å². The third-order valence-electron chi connectivity index (χ3n) is 4.71. The molecule has 0 saturated carbocycles. The number of nitrogens with one attached hydrogen (secondary N) is 1. The van der Waals surface area contributed by atoms with Gasteiger partial charge in [-0.1, -0.05) is 12.1 Å². The lowest BCUT2D eigenvalue weighted by Gasteiger charge is -2.32. The third kappa shape index (κ3) is 4.38. The van der Waals surface area contributed by atoms with E-state index in [1.807, 2.05) is 30.3 Å². The standard InChI is InChI=1S/C19H20FNO3.ClH.H2O/c20-15-3-1-13(2-4-15)17-7-8-21-10-14(17)11-22-16-5-6-18-19(9-16)24-12-23-18;;/h1-6,9,14,17,21H,7-8,10-12H2;1H;1H2. The highest BCUT2D eigenvalue weighted by Crippen LogP contribution is 2.36. The molecule has 0 aliphatic carbocycles. The zero-order chi connectivity index (χ0) is 16.4. The van der Waals surface area contributed by atoms with Crippen LogP contribution in [-0.4, -0.2) is 32.0 Å². The fraction of sp³-hybridized carbons (Fsp3) is 0.368. The molecule has 5 nitrogen and oxygen atoms in total. The Bertz CT molecular complexity index is 713. The first-order chi connectivity index (χ1) is 11.8. The molecule has 1 saturated heterocycles. The predicted octanol–water partition coefficient (Wildman–Crippen LogP) is 2.92. The van der Waals surface area contributed by atoms with Crippen LogP contribution in [0.4, 0.5) is 4.39 Å². The molecular weight excluding hydrogens is 361 g/mol. The topological polar surface area (TPSA) is 71.2 Å². The van der Waals surface area contributed by atoms with E-state index in [9.17, 15) is 4.39 Å². The molecule has 0 spiro atoms. The van der Waals surface area contributed by atoms with Gasteiger partial charge >= 0.3 is 0 Å². The summed E-state index contributed by atoms with van der Waals surface area (Å²) in [7, 11) is 0. The van der Waals surface area contributed by atoms with Crippen LogP contribution in [0.25, 0.3) is 0 Å². The molecule has 0 aromatic heterocycles. The molecule has 1 fully saturated rings. The van der Waals surface area contributed by atoms with Crippen molar-refractivity contribution >= 4 is 12.4 Å². The highest BCUT2D eigenvalue weighted by Gasteiger charge is 2.27. The molecule has 4 rings (SSSR count). The van der Waals surface area contributed by atoms with Crippen LogP contribution in [0.1, 0.15) is 17.9 Å². The zero-order valence-electron chi connectivity index (χ0n) is 14.2. The highest BCUT2D eigenvalue weighted by atomic mass is 35.5. The van der Waals surface area contributed by atoms with E-state index in [2.05, 4.69) is 5.32 Å². The van der Waals surface area contributed by atoms with Crippen LogP contribution in [0, 0.1) is 11.7 Å². The molecule has 142 valence electrons. The van der Waals surface area contributed by atoms with Crippen molar-refractivity contribution in [2.45, 2.75) is 12.3 Å². The van der Waals surface area contributed by atoms with Crippen molar-refractivity contribution in [3.63, 3.8) is 0 Å². The Morgan fingerprint density at radius 3 is 2.65 bits per heavy atom. The van der Waals surface area contributed by atoms with E-state index in [-0.39, 0.29) is 30.5 Å². The van der Waals surface area contributed by atoms with Crippen molar-refractivity contribution in [1.29, 1.82) is 0 Å². The van der Waals surface area contributed by atoms with Gasteiger partial charge in [0.15, 0.2) is 11.5 Å². The summed E-state index contributed by atoms with van der Waals surface area (Å²) in [5.74, 6) is 2.79. The molecule has 2 atom stereocenters. The first-order valence-electron chi connectivity index (χ1n) is 8.28. The van der Waals surface area contributed by atoms with Crippen LogP contribution in [0.15, 0.2) is 42.5 Å². The Morgan fingerprint density at radius 2 is 1.85 bits per heavy atom. The molecule has 0 amide bonds. The van der Waals surface area contributed by atoms with Crippen molar-refractivity contribution in [3.05, 3.63) is 53.8 Å². The monoisotopic (exact) mass is 383 g/mol. The number of rotatable bonds is 4. The molecule has 7 heteroatoms. The van der Waals surface area contributed by atoms with Crippen LogP contribution in [0.2, 0.25) is 0 Å². The van der Waals surface area contributed by atoms with Gasteiger partial charge in [-0.3, -0.25) is 0 Å². The minimum atomic E-state index is -0.194. The fourth-order valence-electron chi connectivity index (χ4n) is 3.42. The van der Waals surface area contributed by atoms with Gasteiger partial charge < -0.3 is 25.0 Å². The van der Waals surface area contributed by atoms with Gasteiger partial charge in [-0.2, -0.15) is 0 Å². The van der Waals surface area contributed by atoms with Crippen LogP contribution >= 0.6 is 12.4 Å². The normalized spacial score (nSPS) is 20.7. The maximum atomic E-state index is 13.2. The second-order valence-corrected chi connectivity index (χ2v) is 6.24. The first kappa shape index (κ1) is 20.3. The molecule has 2 aliphatic rings.